The first kappa shape index (κ1) is 21.1. The van der Waals surface area contributed by atoms with Crippen molar-refractivity contribution in [2.24, 2.45) is 5.92 Å². The number of unbranched alkanes of at least 4 members (excludes halogenated alkanes) is 1. The maximum atomic E-state index is 13.0. The first-order chi connectivity index (χ1) is 11.8. The second kappa shape index (κ2) is 10.1. The normalized spacial score (nSPS) is 12.7. The molecule has 0 spiro atoms. The highest BCUT2D eigenvalue weighted by Crippen LogP contribution is 2.27. The molecule has 1 aromatic carbocycles. The van der Waals surface area contributed by atoms with Crippen molar-refractivity contribution in [2.75, 3.05) is 13.1 Å². The lowest BCUT2D eigenvalue weighted by atomic mass is 10.1. The molecule has 0 saturated heterocycles. The molecule has 0 aromatic heterocycles. The van der Waals surface area contributed by atoms with Crippen LogP contribution in [0.15, 0.2) is 54.5 Å². The van der Waals surface area contributed by atoms with Gasteiger partial charge in [0.25, 0.3) is 5.69 Å². The van der Waals surface area contributed by atoms with Crippen LogP contribution in [0.25, 0.3) is 0 Å². The minimum atomic E-state index is -3.95. The Kier molecular flexibility index (Phi) is 8.51. The van der Waals surface area contributed by atoms with E-state index in [0.29, 0.717) is 25.9 Å². The molecule has 25 heavy (non-hydrogen) atoms. The monoisotopic (exact) mass is 366 g/mol. The molecule has 138 valence electrons. The molecule has 0 aliphatic rings. The molecule has 0 unspecified atom stereocenters. The summed E-state index contributed by atoms with van der Waals surface area (Å²) in [5.74, 6) is 0.124. The smallest absolute Gasteiger partial charge is 0.258 e. The van der Waals surface area contributed by atoms with Gasteiger partial charge >= 0.3 is 0 Å². The third-order valence-corrected chi connectivity index (χ3v) is 5.79. The lowest BCUT2D eigenvalue weighted by Gasteiger charge is -2.25. The van der Waals surface area contributed by atoms with Gasteiger partial charge in [0.05, 0.1) is 4.92 Å². The summed E-state index contributed by atoms with van der Waals surface area (Å²) in [6, 6.07) is 5.48. The second-order valence-corrected chi connectivity index (χ2v) is 7.90. The number of para-hydroxylation sites is 1. The standard InChI is InChI=1S/C18H26N2O4S/c1-4-6-10-14-19(15-16(3)11-7-5-2)25(23,24)18-13-9-8-12-17(18)20(21)22/h4-5,8-9,12-13,16H,1-2,6-7,10-11,14-15H2,3H3/t16-/m0/s1. The van der Waals surface area contributed by atoms with Crippen LogP contribution in [0, 0.1) is 16.0 Å². The average molecular weight is 366 g/mol. The molecule has 6 nitrogen and oxygen atoms in total. The molecule has 0 aliphatic carbocycles. The number of hydrogen-bond acceptors (Lipinski definition) is 4. The first-order valence-corrected chi connectivity index (χ1v) is 9.74. The minimum absolute atomic E-state index is 0.124. The summed E-state index contributed by atoms with van der Waals surface area (Å²) >= 11 is 0. The number of hydrogen-bond donors (Lipinski definition) is 0. The molecule has 0 radical (unpaired) electrons. The van der Waals surface area contributed by atoms with Crippen LogP contribution in [0.4, 0.5) is 5.69 Å². The quantitative estimate of drug-likeness (QED) is 0.241. The Hall–Kier alpha value is -1.99. The van der Waals surface area contributed by atoms with Crippen molar-refractivity contribution in [2.45, 2.75) is 37.5 Å². The van der Waals surface area contributed by atoms with Gasteiger partial charge in [0, 0.05) is 19.2 Å². The molecule has 0 saturated carbocycles. The number of rotatable bonds is 12. The summed E-state index contributed by atoms with van der Waals surface area (Å²) in [6.45, 7) is 9.92. The highest BCUT2D eigenvalue weighted by atomic mass is 32.2. The summed E-state index contributed by atoms with van der Waals surface area (Å²) < 4.78 is 27.4. The number of allylic oxidation sites excluding steroid dienone is 2. The van der Waals surface area contributed by atoms with Crippen molar-refractivity contribution in [3.63, 3.8) is 0 Å². The van der Waals surface area contributed by atoms with Crippen LogP contribution in [0.5, 0.6) is 0 Å². The molecule has 0 heterocycles. The van der Waals surface area contributed by atoms with Crippen LogP contribution < -0.4 is 0 Å². The van der Waals surface area contributed by atoms with Gasteiger partial charge in [0.1, 0.15) is 0 Å². The predicted molar refractivity (Wildman–Crippen MR) is 99.9 cm³/mol. The lowest BCUT2D eigenvalue weighted by Crippen LogP contribution is -2.36. The van der Waals surface area contributed by atoms with Gasteiger partial charge < -0.3 is 0 Å². The van der Waals surface area contributed by atoms with Gasteiger partial charge in [0.15, 0.2) is 4.90 Å². The van der Waals surface area contributed by atoms with Crippen LogP contribution >= 0.6 is 0 Å². The molecule has 0 N–H and O–H groups in total. The van der Waals surface area contributed by atoms with Gasteiger partial charge in [-0.05, 0) is 37.7 Å². The molecule has 1 rings (SSSR count). The zero-order valence-electron chi connectivity index (χ0n) is 14.6. The van der Waals surface area contributed by atoms with Gasteiger partial charge in [-0.25, -0.2) is 8.42 Å². The van der Waals surface area contributed by atoms with Crippen molar-refractivity contribution in [3.05, 3.63) is 59.7 Å². The number of nitrogens with zero attached hydrogens (tertiary/aromatic N) is 2. The Morgan fingerprint density at radius 3 is 2.48 bits per heavy atom. The van der Waals surface area contributed by atoms with Crippen LogP contribution in [0.2, 0.25) is 0 Å². The van der Waals surface area contributed by atoms with Gasteiger partial charge in [-0.1, -0.05) is 31.2 Å². The fourth-order valence-corrected chi connectivity index (χ4v) is 4.28. The van der Waals surface area contributed by atoms with Crippen LogP contribution in [-0.2, 0) is 10.0 Å². The Balaban J connectivity index is 3.15. The zero-order valence-corrected chi connectivity index (χ0v) is 15.5. The summed E-state index contributed by atoms with van der Waals surface area (Å²) in [4.78, 5) is 10.3. The highest BCUT2D eigenvalue weighted by molar-refractivity contribution is 7.89. The van der Waals surface area contributed by atoms with Crippen molar-refractivity contribution in [1.29, 1.82) is 0 Å². The molecule has 0 fully saturated rings. The number of benzene rings is 1. The molecular formula is C18H26N2O4S. The topological polar surface area (TPSA) is 80.5 Å². The number of nitro benzene ring substituents is 1. The van der Waals surface area contributed by atoms with Gasteiger partial charge in [-0.3, -0.25) is 10.1 Å². The van der Waals surface area contributed by atoms with E-state index in [-0.39, 0.29) is 10.8 Å². The molecule has 1 aromatic rings. The number of sulfonamides is 1. The van der Waals surface area contributed by atoms with Crippen LogP contribution in [0.1, 0.15) is 32.6 Å². The highest BCUT2D eigenvalue weighted by Gasteiger charge is 2.31. The molecule has 0 amide bonds. The van der Waals surface area contributed by atoms with E-state index in [4.69, 9.17) is 0 Å². The molecular weight excluding hydrogens is 340 g/mol. The summed E-state index contributed by atoms with van der Waals surface area (Å²) in [6.07, 6.45) is 6.45. The van der Waals surface area contributed by atoms with E-state index >= 15 is 0 Å². The van der Waals surface area contributed by atoms with E-state index in [2.05, 4.69) is 13.2 Å². The molecule has 0 bridgehead atoms. The van der Waals surface area contributed by atoms with Crippen molar-refractivity contribution in [1.82, 2.24) is 4.31 Å². The third-order valence-electron chi connectivity index (χ3n) is 3.87. The fourth-order valence-electron chi connectivity index (χ4n) is 2.53. The summed E-state index contributed by atoms with van der Waals surface area (Å²) in [7, 11) is -3.95. The SMILES string of the molecule is C=CCCCN(C[C@@H](C)CCC=C)S(=O)(=O)c1ccccc1[N+](=O)[O-]. The molecule has 7 heteroatoms. The fraction of sp³-hybridized carbons (Fsp3) is 0.444. The van der Waals surface area contributed by atoms with E-state index in [1.807, 2.05) is 6.92 Å². The Morgan fingerprint density at radius 1 is 1.24 bits per heavy atom. The van der Waals surface area contributed by atoms with Crippen LogP contribution in [-0.4, -0.2) is 30.7 Å². The summed E-state index contributed by atoms with van der Waals surface area (Å²) in [5, 5.41) is 11.2. The minimum Gasteiger partial charge on any atom is -0.258 e. The molecule has 1 atom stereocenters. The summed E-state index contributed by atoms with van der Waals surface area (Å²) in [5.41, 5.74) is -0.394. The lowest BCUT2D eigenvalue weighted by molar-refractivity contribution is -0.387. The Labute approximate surface area is 150 Å². The third kappa shape index (κ3) is 6.10. The maximum absolute atomic E-state index is 13.0. The predicted octanol–water partition coefficient (Wildman–Crippen LogP) is 4.15. The zero-order chi connectivity index (χ0) is 18.9. The molecule has 0 aliphatic heterocycles. The van der Waals surface area contributed by atoms with Crippen molar-refractivity contribution in [3.8, 4) is 0 Å². The van der Waals surface area contributed by atoms with Gasteiger partial charge in [-0.15, -0.1) is 13.2 Å². The van der Waals surface area contributed by atoms with E-state index in [0.717, 1.165) is 12.8 Å². The van der Waals surface area contributed by atoms with Crippen LogP contribution in [0.3, 0.4) is 0 Å². The van der Waals surface area contributed by atoms with E-state index in [1.165, 1.54) is 28.6 Å². The first-order valence-electron chi connectivity index (χ1n) is 8.30. The van der Waals surface area contributed by atoms with E-state index < -0.39 is 20.6 Å². The second-order valence-electron chi connectivity index (χ2n) is 5.99. The Bertz CT molecular complexity index is 701. The average Bonchev–Trinajstić information content (AvgIpc) is 2.59. The van der Waals surface area contributed by atoms with Crippen molar-refractivity contribution >= 4 is 15.7 Å². The van der Waals surface area contributed by atoms with E-state index in [9.17, 15) is 18.5 Å². The largest absolute Gasteiger partial charge is 0.289 e. The van der Waals surface area contributed by atoms with E-state index in [1.54, 1.807) is 12.2 Å². The van der Waals surface area contributed by atoms with Crippen molar-refractivity contribution < 1.29 is 13.3 Å². The van der Waals surface area contributed by atoms with Gasteiger partial charge in [0.2, 0.25) is 10.0 Å². The van der Waals surface area contributed by atoms with Gasteiger partial charge in [-0.2, -0.15) is 4.31 Å². The maximum Gasteiger partial charge on any atom is 0.289 e. The number of nitro groups is 1. The Morgan fingerprint density at radius 2 is 1.88 bits per heavy atom.